The summed E-state index contributed by atoms with van der Waals surface area (Å²) in [6, 6.07) is 5.23. The van der Waals surface area contributed by atoms with Crippen molar-refractivity contribution in [2.75, 3.05) is 6.54 Å². The van der Waals surface area contributed by atoms with Gasteiger partial charge in [-0.2, -0.15) is 0 Å². The molecular formula is C16H22N2O3. The average molecular weight is 290 g/mol. The Balaban J connectivity index is 2.02. The molecule has 1 aliphatic rings. The van der Waals surface area contributed by atoms with Crippen LogP contribution in [0.5, 0.6) is 0 Å². The number of aryl methyl sites for hydroxylation is 1. The summed E-state index contributed by atoms with van der Waals surface area (Å²) in [5.74, 6) is -0.559. The van der Waals surface area contributed by atoms with Gasteiger partial charge in [0.05, 0.1) is 5.41 Å². The van der Waals surface area contributed by atoms with E-state index in [4.69, 9.17) is 0 Å². The van der Waals surface area contributed by atoms with Crippen molar-refractivity contribution < 1.29 is 14.7 Å². The minimum atomic E-state index is -0.827. The third-order valence-electron chi connectivity index (χ3n) is 4.39. The largest absolute Gasteiger partial charge is 0.481 e. The third kappa shape index (κ3) is 3.60. The van der Waals surface area contributed by atoms with E-state index in [1.165, 1.54) is 0 Å². The predicted molar refractivity (Wildman–Crippen MR) is 79.0 cm³/mol. The summed E-state index contributed by atoms with van der Waals surface area (Å²) in [6.07, 6.45) is 3.02. The second-order valence-electron chi connectivity index (χ2n) is 6.11. The normalized spacial score (nSPS) is 25.3. The molecule has 0 saturated heterocycles. The molecule has 0 aromatic carbocycles. The fourth-order valence-corrected chi connectivity index (χ4v) is 2.79. The van der Waals surface area contributed by atoms with E-state index in [0.717, 1.165) is 18.5 Å². The molecule has 114 valence electrons. The van der Waals surface area contributed by atoms with Crippen LogP contribution in [-0.4, -0.2) is 28.5 Å². The van der Waals surface area contributed by atoms with Crippen LogP contribution in [-0.2, 0) is 4.79 Å². The Hall–Kier alpha value is -1.91. The maximum atomic E-state index is 12.1. The SMILES string of the molecule is Cc1cccc(C(=O)NCC2(C(=O)O)CCC(C)CC2)n1. The zero-order chi connectivity index (χ0) is 15.5. The van der Waals surface area contributed by atoms with Gasteiger partial charge in [0.25, 0.3) is 5.91 Å². The smallest absolute Gasteiger partial charge is 0.311 e. The lowest BCUT2D eigenvalue weighted by Crippen LogP contribution is -2.45. The van der Waals surface area contributed by atoms with Crippen LogP contribution in [0.3, 0.4) is 0 Å². The summed E-state index contributed by atoms with van der Waals surface area (Å²) in [5, 5.41) is 12.3. The quantitative estimate of drug-likeness (QED) is 0.892. The molecular weight excluding hydrogens is 268 g/mol. The number of hydrogen-bond acceptors (Lipinski definition) is 3. The van der Waals surface area contributed by atoms with E-state index in [9.17, 15) is 14.7 Å². The van der Waals surface area contributed by atoms with Crippen molar-refractivity contribution in [2.24, 2.45) is 11.3 Å². The van der Waals surface area contributed by atoms with Crippen molar-refractivity contribution in [2.45, 2.75) is 39.5 Å². The van der Waals surface area contributed by atoms with Crippen LogP contribution in [0.15, 0.2) is 18.2 Å². The van der Waals surface area contributed by atoms with E-state index in [1.807, 2.05) is 13.0 Å². The summed E-state index contributed by atoms with van der Waals surface area (Å²) >= 11 is 0. The van der Waals surface area contributed by atoms with Crippen molar-refractivity contribution in [1.82, 2.24) is 10.3 Å². The van der Waals surface area contributed by atoms with Gasteiger partial charge in [0.2, 0.25) is 0 Å². The molecule has 0 spiro atoms. The first kappa shape index (κ1) is 15.5. The summed E-state index contributed by atoms with van der Waals surface area (Å²) in [6.45, 7) is 4.13. The number of rotatable bonds is 4. The fraction of sp³-hybridized carbons (Fsp3) is 0.562. The van der Waals surface area contributed by atoms with Gasteiger partial charge in [0.1, 0.15) is 5.69 Å². The van der Waals surface area contributed by atoms with E-state index < -0.39 is 11.4 Å². The molecule has 1 amide bonds. The highest BCUT2D eigenvalue weighted by molar-refractivity contribution is 5.92. The number of aromatic nitrogens is 1. The summed E-state index contributed by atoms with van der Waals surface area (Å²) in [7, 11) is 0. The zero-order valence-corrected chi connectivity index (χ0v) is 12.6. The summed E-state index contributed by atoms with van der Waals surface area (Å²) < 4.78 is 0. The predicted octanol–water partition coefficient (Wildman–Crippen LogP) is 2.40. The van der Waals surface area contributed by atoms with Crippen LogP contribution in [0.2, 0.25) is 0 Å². The highest BCUT2D eigenvalue weighted by Crippen LogP contribution is 2.38. The highest BCUT2D eigenvalue weighted by Gasteiger charge is 2.41. The minimum Gasteiger partial charge on any atom is -0.481 e. The Bertz CT molecular complexity index is 534. The summed E-state index contributed by atoms with van der Waals surface area (Å²) in [5.41, 5.74) is 0.272. The monoisotopic (exact) mass is 290 g/mol. The molecule has 21 heavy (non-hydrogen) atoms. The number of amides is 1. The van der Waals surface area contributed by atoms with E-state index in [1.54, 1.807) is 12.1 Å². The van der Waals surface area contributed by atoms with Gasteiger partial charge < -0.3 is 10.4 Å². The van der Waals surface area contributed by atoms with Crippen LogP contribution in [0.25, 0.3) is 0 Å². The molecule has 1 aliphatic carbocycles. The topological polar surface area (TPSA) is 79.3 Å². The number of pyridine rings is 1. The van der Waals surface area contributed by atoms with Gasteiger partial charge in [-0.1, -0.05) is 13.0 Å². The number of carbonyl (C=O) groups is 2. The van der Waals surface area contributed by atoms with Gasteiger partial charge in [0, 0.05) is 12.2 Å². The lowest BCUT2D eigenvalue weighted by molar-refractivity contribution is -0.151. The summed E-state index contributed by atoms with van der Waals surface area (Å²) in [4.78, 5) is 27.9. The second kappa shape index (κ2) is 6.24. The molecule has 1 saturated carbocycles. The number of carbonyl (C=O) groups excluding carboxylic acids is 1. The molecule has 2 N–H and O–H groups in total. The standard InChI is InChI=1S/C16H22N2O3/c1-11-6-8-16(9-7-11,15(20)21)10-17-14(19)13-5-3-4-12(2)18-13/h3-5,11H,6-10H2,1-2H3,(H,17,19)(H,20,21). The van der Waals surface area contributed by atoms with Crippen molar-refractivity contribution in [3.05, 3.63) is 29.6 Å². The lowest BCUT2D eigenvalue weighted by Gasteiger charge is -2.35. The number of aliphatic carboxylic acids is 1. The Morgan fingerprint density at radius 2 is 2.05 bits per heavy atom. The van der Waals surface area contributed by atoms with E-state index >= 15 is 0 Å². The molecule has 0 unspecified atom stereocenters. The molecule has 0 radical (unpaired) electrons. The minimum absolute atomic E-state index is 0.170. The van der Waals surface area contributed by atoms with Gasteiger partial charge in [0.15, 0.2) is 0 Å². The van der Waals surface area contributed by atoms with Crippen LogP contribution in [0, 0.1) is 18.3 Å². The first-order valence-corrected chi connectivity index (χ1v) is 7.38. The molecule has 0 bridgehead atoms. The number of nitrogens with one attached hydrogen (secondary N) is 1. The van der Waals surface area contributed by atoms with Gasteiger partial charge >= 0.3 is 5.97 Å². The molecule has 1 aromatic heterocycles. The maximum Gasteiger partial charge on any atom is 0.311 e. The Morgan fingerprint density at radius 1 is 1.38 bits per heavy atom. The van der Waals surface area contributed by atoms with Crippen molar-refractivity contribution in [3.63, 3.8) is 0 Å². The lowest BCUT2D eigenvalue weighted by atomic mass is 9.71. The molecule has 5 nitrogen and oxygen atoms in total. The molecule has 2 rings (SSSR count). The van der Waals surface area contributed by atoms with E-state index in [0.29, 0.717) is 24.5 Å². The van der Waals surface area contributed by atoms with Crippen LogP contribution < -0.4 is 5.32 Å². The third-order valence-corrected chi connectivity index (χ3v) is 4.39. The Morgan fingerprint density at radius 3 is 2.62 bits per heavy atom. The van der Waals surface area contributed by atoms with E-state index in [-0.39, 0.29) is 12.5 Å². The molecule has 1 heterocycles. The van der Waals surface area contributed by atoms with Crippen LogP contribution in [0.4, 0.5) is 0 Å². The average Bonchev–Trinajstić information content (AvgIpc) is 2.46. The van der Waals surface area contributed by atoms with Crippen LogP contribution in [0.1, 0.15) is 48.8 Å². The highest BCUT2D eigenvalue weighted by atomic mass is 16.4. The molecule has 1 fully saturated rings. The van der Waals surface area contributed by atoms with Crippen LogP contribution >= 0.6 is 0 Å². The van der Waals surface area contributed by atoms with Crippen molar-refractivity contribution in [3.8, 4) is 0 Å². The number of carboxylic acids is 1. The first-order chi connectivity index (χ1) is 9.93. The molecule has 0 aliphatic heterocycles. The molecule has 1 aromatic rings. The van der Waals surface area contributed by atoms with Gasteiger partial charge in [-0.25, -0.2) is 4.98 Å². The van der Waals surface area contributed by atoms with E-state index in [2.05, 4.69) is 17.2 Å². The first-order valence-electron chi connectivity index (χ1n) is 7.38. The Labute approximate surface area is 124 Å². The fourth-order valence-electron chi connectivity index (χ4n) is 2.79. The Kier molecular flexibility index (Phi) is 4.60. The maximum absolute atomic E-state index is 12.1. The number of hydrogen-bond donors (Lipinski definition) is 2. The molecule has 5 heteroatoms. The zero-order valence-electron chi connectivity index (χ0n) is 12.6. The number of carboxylic acid groups (broad SMARTS) is 1. The van der Waals surface area contributed by atoms with Gasteiger partial charge in [-0.05, 0) is 50.7 Å². The molecule has 0 atom stereocenters. The number of nitrogens with zero attached hydrogens (tertiary/aromatic N) is 1. The van der Waals surface area contributed by atoms with Gasteiger partial charge in [-0.3, -0.25) is 9.59 Å². The van der Waals surface area contributed by atoms with Gasteiger partial charge in [-0.15, -0.1) is 0 Å². The van der Waals surface area contributed by atoms with Crippen molar-refractivity contribution in [1.29, 1.82) is 0 Å². The second-order valence-corrected chi connectivity index (χ2v) is 6.11. The van der Waals surface area contributed by atoms with Crippen molar-refractivity contribution >= 4 is 11.9 Å².